The van der Waals surface area contributed by atoms with Gasteiger partial charge in [-0.2, -0.15) is 0 Å². The van der Waals surface area contributed by atoms with E-state index in [-0.39, 0.29) is 11.4 Å². The van der Waals surface area contributed by atoms with Crippen molar-refractivity contribution in [3.63, 3.8) is 0 Å². The molecule has 5 nitrogen and oxygen atoms in total. The number of benzene rings is 2. The maximum atomic E-state index is 13.7. The predicted octanol–water partition coefficient (Wildman–Crippen LogP) is 3.62. The first-order chi connectivity index (χ1) is 10.0. The first kappa shape index (κ1) is 15.1. The van der Waals surface area contributed by atoms with Crippen LogP contribution in [-0.4, -0.2) is 12.0 Å². The Kier molecular flexibility index (Phi) is 4.64. The minimum absolute atomic E-state index is 0.103. The van der Waals surface area contributed by atoms with Crippen molar-refractivity contribution in [3.05, 3.63) is 57.9 Å². The van der Waals surface area contributed by atoms with Crippen LogP contribution in [-0.2, 0) is 5.75 Å². The van der Waals surface area contributed by atoms with E-state index in [1.54, 1.807) is 18.2 Å². The Morgan fingerprint density at radius 2 is 2.10 bits per heavy atom. The molecule has 0 bridgehead atoms. The van der Waals surface area contributed by atoms with Gasteiger partial charge in [-0.1, -0.05) is 6.07 Å². The second-order valence-corrected chi connectivity index (χ2v) is 5.26. The average molecular weight is 308 g/mol. The Bertz CT molecular complexity index is 679. The molecule has 110 valence electrons. The molecule has 2 rings (SSSR count). The molecule has 0 aromatic heterocycles. The summed E-state index contributed by atoms with van der Waals surface area (Å²) in [4.78, 5) is 10.9. The van der Waals surface area contributed by atoms with Gasteiger partial charge in [0.1, 0.15) is 5.82 Å². The largest absolute Gasteiger partial charge is 0.490 e. The average Bonchev–Trinajstić information content (AvgIpc) is 2.46. The predicted molar refractivity (Wildman–Crippen MR) is 80.0 cm³/mol. The smallest absolute Gasteiger partial charge is 0.311 e. The molecule has 2 aromatic rings. The number of nitro groups is 1. The van der Waals surface area contributed by atoms with Crippen LogP contribution >= 0.6 is 11.8 Å². The third-order valence-corrected chi connectivity index (χ3v) is 3.91. The third kappa shape index (κ3) is 3.63. The van der Waals surface area contributed by atoms with Gasteiger partial charge in [-0.3, -0.25) is 10.1 Å². The van der Waals surface area contributed by atoms with E-state index in [9.17, 15) is 14.5 Å². The topological polar surface area (TPSA) is 78.4 Å². The highest BCUT2D eigenvalue weighted by molar-refractivity contribution is 7.98. The highest BCUT2D eigenvalue weighted by Gasteiger charge is 2.15. The molecule has 0 atom stereocenters. The van der Waals surface area contributed by atoms with Gasteiger partial charge < -0.3 is 10.5 Å². The summed E-state index contributed by atoms with van der Waals surface area (Å²) in [6, 6.07) is 9.14. The van der Waals surface area contributed by atoms with E-state index in [0.717, 1.165) is 0 Å². The summed E-state index contributed by atoms with van der Waals surface area (Å²) in [6.07, 6.45) is 0. The number of ether oxygens (including phenoxy) is 1. The van der Waals surface area contributed by atoms with Gasteiger partial charge in [0.25, 0.3) is 0 Å². The molecule has 0 radical (unpaired) electrons. The molecular formula is C14H13FN2O3S. The van der Waals surface area contributed by atoms with Crippen molar-refractivity contribution in [1.82, 2.24) is 0 Å². The van der Waals surface area contributed by atoms with Crippen LogP contribution in [0.2, 0.25) is 0 Å². The lowest BCUT2D eigenvalue weighted by Crippen LogP contribution is -1.95. The van der Waals surface area contributed by atoms with E-state index in [4.69, 9.17) is 10.5 Å². The maximum Gasteiger partial charge on any atom is 0.311 e. The lowest BCUT2D eigenvalue weighted by atomic mass is 10.2. The minimum atomic E-state index is -0.503. The number of hydrogen-bond acceptors (Lipinski definition) is 5. The molecule has 0 aliphatic rings. The Morgan fingerprint density at radius 3 is 2.71 bits per heavy atom. The molecule has 21 heavy (non-hydrogen) atoms. The van der Waals surface area contributed by atoms with Crippen molar-refractivity contribution in [2.75, 3.05) is 12.8 Å². The van der Waals surface area contributed by atoms with Gasteiger partial charge in [-0.05, 0) is 29.8 Å². The normalized spacial score (nSPS) is 10.4. The SMILES string of the molecule is COc1ccc(CSc2ccc(N)cc2F)cc1[N+](=O)[O-]. The first-order valence-corrected chi connectivity index (χ1v) is 6.99. The van der Waals surface area contributed by atoms with Crippen LogP contribution in [0.5, 0.6) is 5.75 Å². The van der Waals surface area contributed by atoms with Crippen molar-refractivity contribution < 1.29 is 14.1 Å². The lowest BCUT2D eigenvalue weighted by molar-refractivity contribution is -0.385. The second-order valence-electron chi connectivity index (χ2n) is 4.24. The van der Waals surface area contributed by atoms with Gasteiger partial charge in [0, 0.05) is 22.4 Å². The number of thioether (sulfide) groups is 1. The third-order valence-electron chi connectivity index (χ3n) is 2.79. The van der Waals surface area contributed by atoms with Crippen LogP contribution in [0.1, 0.15) is 5.56 Å². The summed E-state index contributed by atoms with van der Waals surface area (Å²) in [7, 11) is 1.38. The number of nitrogens with zero attached hydrogens (tertiary/aromatic N) is 1. The summed E-state index contributed by atoms with van der Waals surface area (Å²) in [6.45, 7) is 0. The molecule has 0 fully saturated rings. The fraction of sp³-hybridized carbons (Fsp3) is 0.143. The molecule has 7 heteroatoms. The summed E-state index contributed by atoms with van der Waals surface area (Å²) in [5, 5.41) is 10.9. The number of methoxy groups -OCH3 is 1. The molecule has 2 aromatic carbocycles. The van der Waals surface area contributed by atoms with E-state index in [1.807, 2.05) is 0 Å². The van der Waals surface area contributed by atoms with Gasteiger partial charge in [0.05, 0.1) is 12.0 Å². The highest BCUT2D eigenvalue weighted by Crippen LogP contribution is 2.31. The quantitative estimate of drug-likeness (QED) is 0.395. The molecule has 2 N–H and O–H groups in total. The van der Waals surface area contributed by atoms with Crippen LogP contribution in [0.15, 0.2) is 41.3 Å². The molecule has 0 unspecified atom stereocenters. The Balaban J connectivity index is 2.16. The van der Waals surface area contributed by atoms with Crippen molar-refractivity contribution in [2.45, 2.75) is 10.6 Å². The van der Waals surface area contributed by atoms with Crippen LogP contribution < -0.4 is 10.5 Å². The molecule has 0 saturated heterocycles. The van der Waals surface area contributed by atoms with Crippen LogP contribution in [0.4, 0.5) is 15.8 Å². The van der Waals surface area contributed by atoms with Crippen molar-refractivity contribution in [3.8, 4) is 5.75 Å². The molecule has 0 aliphatic carbocycles. The fourth-order valence-electron chi connectivity index (χ4n) is 1.76. The summed E-state index contributed by atoms with van der Waals surface area (Å²) >= 11 is 1.25. The lowest BCUT2D eigenvalue weighted by Gasteiger charge is -2.06. The zero-order valence-electron chi connectivity index (χ0n) is 11.2. The fourth-order valence-corrected chi connectivity index (χ4v) is 2.63. The number of nitrogens with two attached hydrogens (primary N) is 1. The molecule has 0 saturated carbocycles. The number of nitro benzene ring substituents is 1. The standard InChI is InChI=1S/C14H13FN2O3S/c1-20-13-4-2-9(6-12(13)17(18)19)8-21-14-5-3-10(16)7-11(14)15/h2-7H,8,16H2,1H3. The van der Waals surface area contributed by atoms with Crippen LogP contribution in [0.3, 0.4) is 0 Å². The van der Waals surface area contributed by atoms with Gasteiger partial charge >= 0.3 is 5.69 Å². The van der Waals surface area contributed by atoms with E-state index < -0.39 is 10.7 Å². The molecule has 0 heterocycles. The maximum absolute atomic E-state index is 13.7. The zero-order valence-corrected chi connectivity index (χ0v) is 12.0. The van der Waals surface area contributed by atoms with E-state index in [0.29, 0.717) is 21.9 Å². The van der Waals surface area contributed by atoms with Gasteiger partial charge in [0.2, 0.25) is 0 Å². The molecular weight excluding hydrogens is 295 g/mol. The van der Waals surface area contributed by atoms with Crippen molar-refractivity contribution in [1.29, 1.82) is 0 Å². The Labute approximate surface area is 125 Å². The van der Waals surface area contributed by atoms with Gasteiger partial charge in [-0.15, -0.1) is 11.8 Å². The van der Waals surface area contributed by atoms with E-state index >= 15 is 0 Å². The highest BCUT2D eigenvalue weighted by atomic mass is 32.2. The number of hydrogen-bond donors (Lipinski definition) is 1. The molecule has 0 amide bonds. The van der Waals surface area contributed by atoms with Crippen molar-refractivity contribution >= 4 is 23.1 Å². The second kappa shape index (κ2) is 6.45. The summed E-state index contributed by atoms with van der Waals surface area (Å²) in [5.41, 5.74) is 6.45. The Hall–Kier alpha value is -2.28. The van der Waals surface area contributed by atoms with E-state index in [2.05, 4.69) is 0 Å². The first-order valence-electron chi connectivity index (χ1n) is 6.00. The minimum Gasteiger partial charge on any atom is -0.490 e. The zero-order chi connectivity index (χ0) is 15.4. The summed E-state index contributed by atoms with van der Waals surface area (Å²) < 4.78 is 18.6. The number of rotatable bonds is 5. The van der Waals surface area contributed by atoms with Gasteiger partial charge in [-0.25, -0.2) is 4.39 Å². The van der Waals surface area contributed by atoms with Gasteiger partial charge in [0.15, 0.2) is 5.75 Å². The molecule has 0 spiro atoms. The van der Waals surface area contributed by atoms with Crippen LogP contribution in [0, 0.1) is 15.9 Å². The van der Waals surface area contributed by atoms with Crippen molar-refractivity contribution in [2.24, 2.45) is 0 Å². The number of nitrogen functional groups attached to an aromatic ring is 1. The summed E-state index contributed by atoms with van der Waals surface area (Å²) in [5.74, 6) is 0.210. The van der Waals surface area contributed by atoms with Crippen LogP contribution in [0.25, 0.3) is 0 Å². The van der Waals surface area contributed by atoms with E-state index in [1.165, 1.54) is 37.1 Å². The monoisotopic (exact) mass is 308 g/mol. The number of anilines is 1. The molecule has 0 aliphatic heterocycles. The Morgan fingerprint density at radius 1 is 1.33 bits per heavy atom. The number of halogens is 1.